The molecule has 25 heavy (non-hydrogen) atoms. The van der Waals surface area contributed by atoms with Gasteiger partial charge in [0.2, 0.25) is 5.78 Å². The molecule has 2 bridgehead atoms. The monoisotopic (exact) mass is 343 g/mol. The molecule has 2 aliphatic heterocycles. The molecule has 0 aliphatic carbocycles. The van der Waals surface area contributed by atoms with Crippen molar-refractivity contribution in [2.75, 3.05) is 13.7 Å². The van der Waals surface area contributed by atoms with Crippen LogP contribution in [0.25, 0.3) is 10.9 Å². The van der Waals surface area contributed by atoms with Crippen LogP contribution in [0.4, 0.5) is 9.59 Å². The van der Waals surface area contributed by atoms with Gasteiger partial charge in [0.25, 0.3) is 0 Å². The highest BCUT2D eigenvalue weighted by Gasteiger charge is 2.47. The highest BCUT2D eigenvalue weighted by atomic mass is 16.5. The zero-order chi connectivity index (χ0) is 17.7. The van der Waals surface area contributed by atoms with Crippen molar-refractivity contribution < 1.29 is 24.3 Å². The van der Waals surface area contributed by atoms with Crippen molar-refractivity contribution in [1.29, 1.82) is 0 Å². The molecule has 130 valence electrons. The lowest BCUT2D eigenvalue weighted by molar-refractivity contribution is -0.0583. The molecule has 2 saturated heterocycles. The Morgan fingerprint density at radius 1 is 1.24 bits per heavy atom. The molecule has 0 saturated carbocycles. The number of rotatable bonds is 2. The van der Waals surface area contributed by atoms with E-state index in [4.69, 9.17) is 4.74 Å². The molecule has 2 aromatic rings. The summed E-state index contributed by atoms with van der Waals surface area (Å²) in [5, 5.41) is 11.2. The van der Waals surface area contributed by atoms with E-state index in [1.807, 2.05) is 6.07 Å². The largest absolute Gasteiger partial charge is 0.452 e. The van der Waals surface area contributed by atoms with E-state index in [0.29, 0.717) is 30.0 Å². The first-order chi connectivity index (χ1) is 12.0. The second-order valence-corrected chi connectivity index (χ2v) is 6.28. The van der Waals surface area contributed by atoms with Gasteiger partial charge in [-0.15, -0.1) is 0 Å². The minimum atomic E-state index is -0.700. The highest BCUT2D eigenvalue weighted by molar-refractivity contribution is 6.08. The van der Waals surface area contributed by atoms with Crippen molar-refractivity contribution in [1.82, 2.24) is 14.5 Å². The molecule has 3 heterocycles. The fourth-order valence-corrected chi connectivity index (χ4v) is 3.72. The van der Waals surface area contributed by atoms with Gasteiger partial charge in [-0.05, 0) is 25.0 Å². The number of piperidine rings is 1. The molecule has 8 heteroatoms. The molecule has 0 spiro atoms. The molecule has 2 fully saturated rings. The summed E-state index contributed by atoms with van der Waals surface area (Å²) < 4.78 is 6.06. The average molecular weight is 343 g/mol. The Hall–Kier alpha value is -2.87. The number of carbonyl (C=O) groups excluding carboxylic acids is 3. The first-order valence-corrected chi connectivity index (χ1v) is 8.04. The van der Waals surface area contributed by atoms with E-state index >= 15 is 0 Å². The fraction of sp³-hybridized carbons (Fsp3) is 0.353. The van der Waals surface area contributed by atoms with Crippen molar-refractivity contribution in [3.8, 4) is 0 Å². The quantitative estimate of drug-likeness (QED) is 0.666. The van der Waals surface area contributed by atoms with Crippen LogP contribution >= 0.6 is 0 Å². The van der Waals surface area contributed by atoms with Crippen LogP contribution in [-0.2, 0) is 4.74 Å². The number of urea groups is 1. The predicted molar refractivity (Wildman–Crippen MR) is 86.6 cm³/mol. The zero-order valence-corrected chi connectivity index (χ0v) is 13.6. The van der Waals surface area contributed by atoms with Gasteiger partial charge >= 0.3 is 12.1 Å². The fourth-order valence-electron chi connectivity index (χ4n) is 3.72. The van der Waals surface area contributed by atoms with Crippen molar-refractivity contribution in [3.63, 3.8) is 0 Å². The van der Waals surface area contributed by atoms with E-state index in [1.165, 1.54) is 16.6 Å². The van der Waals surface area contributed by atoms with E-state index in [1.54, 1.807) is 24.3 Å². The maximum absolute atomic E-state index is 13.1. The summed E-state index contributed by atoms with van der Waals surface area (Å²) in [6.45, 7) is 0.310. The molecule has 1 N–H and O–H groups in total. The van der Waals surface area contributed by atoms with E-state index in [2.05, 4.69) is 0 Å². The Kier molecular flexibility index (Phi) is 3.50. The third kappa shape index (κ3) is 2.21. The number of methoxy groups -OCH3 is 1. The topological polar surface area (TPSA) is 92.1 Å². The lowest BCUT2D eigenvalue weighted by Gasteiger charge is -2.29. The molecule has 0 unspecified atom stereocenters. The normalized spacial score (nSPS) is 22.6. The van der Waals surface area contributed by atoms with Crippen LogP contribution in [0.15, 0.2) is 30.3 Å². The molecule has 1 aromatic carbocycles. The van der Waals surface area contributed by atoms with Gasteiger partial charge in [-0.25, -0.2) is 19.2 Å². The van der Waals surface area contributed by atoms with Gasteiger partial charge in [0.05, 0.1) is 30.4 Å². The number of amides is 2. The molecular formula is C17H17N3O5. The van der Waals surface area contributed by atoms with Crippen LogP contribution in [0.1, 0.15) is 23.3 Å². The highest BCUT2D eigenvalue weighted by Crippen LogP contribution is 2.31. The number of Topliss-reactive ketones (excluding diaryl/α,β-unsaturated/α-hetero) is 1. The number of fused-ring (bicyclic) bond motifs is 3. The average Bonchev–Trinajstić information content (AvgIpc) is 3.13. The lowest BCUT2D eigenvalue weighted by atomic mass is 9.96. The number of ketones is 1. The number of nitrogens with zero attached hydrogens (tertiary/aromatic N) is 3. The summed E-state index contributed by atoms with van der Waals surface area (Å²) >= 11 is 0. The molecule has 4 rings (SSSR count). The van der Waals surface area contributed by atoms with Crippen molar-refractivity contribution in [2.24, 2.45) is 0 Å². The zero-order valence-electron chi connectivity index (χ0n) is 13.6. The maximum Gasteiger partial charge on any atom is 0.418 e. The van der Waals surface area contributed by atoms with Crippen LogP contribution in [0.2, 0.25) is 0 Å². The van der Waals surface area contributed by atoms with E-state index in [0.717, 1.165) is 5.39 Å². The second-order valence-electron chi connectivity index (χ2n) is 6.28. The smallest absolute Gasteiger partial charge is 0.418 e. The van der Waals surface area contributed by atoms with Gasteiger partial charge in [-0.2, -0.15) is 0 Å². The lowest BCUT2D eigenvalue weighted by Crippen LogP contribution is -2.45. The second kappa shape index (κ2) is 5.59. The number of para-hydroxylation sites is 1. The van der Waals surface area contributed by atoms with Gasteiger partial charge in [-0.3, -0.25) is 10.0 Å². The third-order valence-corrected chi connectivity index (χ3v) is 4.97. The van der Waals surface area contributed by atoms with Gasteiger partial charge < -0.3 is 9.64 Å². The summed E-state index contributed by atoms with van der Waals surface area (Å²) in [5.74, 6) is -0.330. The van der Waals surface area contributed by atoms with Crippen molar-refractivity contribution in [3.05, 3.63) is 36.0 Å². The number of carbonyl (C=O) groups is 3. The number of hydrogen-bond donors (Lipinski definition) is 1. The summed E-state index contributed by atoms with van der Waals surface area (Å²) in [4.78, 5) is 38.9. The van der Waals surface area contributed by atoms with Crippen LogP contribution < -0.4 is 0 Å². The molecule has 2 atom stereocenters. The summed E-state index contributed by atoms with van der Waals surface area (Å²) in [7, 11) is 1.25. The predicted octanol–water partition coefficient (Wildman–Crippen LogP) is 2.10. The summed E-state index contributed by atoms with van der Waals surface area (Å²) in [6, 6.07) is 7.22. The van der Waals surface area contributed by atoms with Crippen LogP contribution in [0.5, 0.6) is 0 Å². The number of benzene rings is 1. The van der Waals surface area contributed by atoms with Crippen molar-refractivity contribution in [2.45, 2.75) is 24.9 Å². The molecule has 8 nitrogen and oxygen atoms in total. The number of ether oxygens (including phenoxy) is 1. The van der Waals surface area contributed by atoms with Crippen molar-refractivity contribution >= 4 is 28.8 Å². The molecule has 1 aromatic heterocycles. The Balaban J connectivity index is 1.78. The maximum atomic E-state index is 13.1. The van der Waals surface area contributed by atoms with Gasteiger partial charge in [-0.1, -0.05) is 18.2 Å². The Morgan fingerprint density at radius 3 is 2.76 bits per heavy atom. The first kappa shape index (κ1) is 15.6. The third-order valence-electron chi connectivity index (χ3n) is 4.97. The Labute approximate surface area is 143 Å². The summed E-state index contributed by atoms with van der Waals surface area (Å²) in [6.07, 6.45) is 0.317. The van der Waals surface area contributed by atoms with E-state index < -0.39 is 18.2 Å². The molecule has 2 amide bonds. The van der Waals surface area contributed by atoms with Crippen LogP contribution in [0, 0.1) is 0 Å². The van der Waals surface area contributed by atoms with E-state index in [-0.39, 0.29) is 17.5 Å². The Morgan fingerprint density at radius 2 is 2.00 bits per heavy atom. The van der Waals surface area contributed by atoms with Gasteiger partial charge in [0.15, 0.2) is 0 Å². The minimum absolute atomic E-state index is 0.181. The first-order valence-electron chi connectivity index (χ1n) is 8.04. The summed E-state index contributed by atoms with van der Waals surface area (Å²) in [5.41, 5.74) is 0.753. The SMILES string of the molecule is COC(=O)n1c(C(=O)[C@@H]2CC[C@@H]3CN2C(=O)N3O)cc2ccccc21. The minimum Gasteiger partial charge on any atom is -0.452 e. The Bertz CT molecular complexity index is 890. The molecule has 0 radical (unpaired) electrons. The van der Waals surface area contributed by atoms with Gasteiger partial charge in [0, 0.05) is 11.9 Å². The van der Waals surface area contributed by atoms with Crippen LogP contribution in [-0.4, -0.2) is 63.4 Å². The number of hydroxylamine groups is 2. The molecular weight excluding hydrogens is 326 g/mol. The van der Waals surface area contributed by atoms with Crippen LogP contribution in [0.3, 0.4) is 0 Å². The number of hydrogen-bond acceptors (Lipinski definition) is 5. The van der Waals surface area contributed by atoms with E-state index in [9.17, 15) is 19.6 Å². The molecule has 2 aliphatic rings. The number of aromatic nitrogens is 1. The standard InChI is InChI=1S/C17H17N3O5/c1-25-17(23)19-12-5-3-2-4-10(12)8-14(19)15(21)13-7-6-11-9-18(13)16(22)20(11)24/h2-5,8,11,13,24H,6-7,9H2,1H3/t11-,13+/m1/s1. The van der Waals surface area contributed by atoms with Gasteiger partial charge in [0.1, 0.15) is 0 Å².